The van der Waals surface area contributed by atoms with Crippen molar-refractivity contribution in [1.82, 2.24) is 10.1 Å². The fraction of sp³-hybridized carbons (Fsp3) is 0.625. The van der Waals surface area contributed by atoms with Crippen molar-refractivity contribution in [3.63, 3.8) is 0 Å². The van der Waals surface area contributed by atoms with Gasteiger partial charge in [0, 0.05) is 12.6 Å². The van der Waals surface area contributed by atoms with Gasteiger partial charge in [-0.2, -0.15) is 0 Å². The van der Waals surface area contributed by atoms with Crippen LogP contribution in [0.25, 0.3) is 0 Å². The number of aliphatic hydroxyl groups is 1. The summed E-state index contributed by atoms with van der Waals surface area (Å²) in [6.45, 7) is 5.55. The van der Waals surface area contributed by atoms with E-state index >= 15 is 0 Å². The Morgan fingerprint density at radius 2 is 1.91 bits per heavy atom. The van der Waals surface area contributed by atoms with Crippen molar-refractivity contribution in [2.45, 2.75) is 31.8 Å². The zero-order chi connectivity index (χ0) is 16.2. The van der Waals surface area contributed by atoms with Crippen LogP contribution in [0.1, 0.15) is 24.5 Å². The molecule has 0 amide bonds. The van der Waals surface area contributed by atoms with Gasteiger partial charge in [0.05, 0.1) is 6.10 Å². The summed E-state index contributed by atoms with van der Waals surface area (Å²) >= 11 is 0. The molecule has 3 rings (SSSR count). The van der Waals surface area contributed by atoms with Gasteiger partial charge >= 0.3 is 7.05 Å². The second-order valence-corrected chi connectivity index (χ2v) is 6.30. The summed E-state index contributed by atoms with van der Waals surface area (Å²) in [6.07, 6.45) is 1.67. The second kappa shape index (κ2) is 7.53. The molecule has 0 bridgehead atoms. The molecule has 2 aliphatic heterocycles. The number of fused-ring (bicyclic) bond motifs is 1. The highest BCUT2D eigenvalue weighted by molar-refractivity contribution is 6.45. The highest BCUT2D eigenvalue weighted by Gasteiger charge is 2.27. The Morgan fingerprint density at radius 1 is 1.22 bits per heavy atom. The van der Waals surface area contributed by atoms with E-state index in [0.29, 0.717) is 31.3 Å². The molecule has 0 radical (unpaired) electrons. The third-order valence-electron chi connectivity index (χ3n) is 4.40. The van der Waals surface area contributed by atoms with Gasteiger partial charge in [-0.15, -0.1) is 0 Å². The van der Waals surface area contributed by atoms with E-state index in [0.717, 1.165) is 18.7 Å². The van der Waals surface area contributed by atoms with Crippen LogP contribution >= 0.6 is 0 Å². The first kappa shape index (κ1) is 16.6. The third kappa shape index (κ3) is 4.17. The minimum absolute atomic E-state index is 0.240. The lowest BCUT2D eigenvalue weighted by atomic mass is 9.85. The van der Waals surface area contributed by atoms with Crippen molar-refractivity contribution in [2.75, 3.05) is 32.8 Å². The number of nitrogens with zero attached hydrogens (tertiary/aromatic N) is 1. The number of rotatable bonds is 6. The predicted octanol–water partition coefficient (Wildman–Crippen LogP) is 0.655. The van der Waals surface area contributed by atoms with E-state index in [1.54, 1.807) is 6.82 Å². The summed E-state index contributed by atoms with van der Waals surface area (Å²) in [7, 11) is -0.672. The largest absolute Gasteiger partial charge is 0.486 e. The minimum Gasteiger partial charge on any atom is -0.486 e. The Hall–Kier alpha value is -1.28. The molecule has 1 aromatic carbocycles. The van der Waals surface area contributed by atoms with Crippen molar-refractivity contribution in [2.24, 2.45) is 0 Å². The maximum Gasteiger partial charge on any atom is 0.373 e. The van der Waals surface area contributed by atoms with Gasteiger partial charge in [-0.3, -0.25) is 0 Å². The molecule has 7 heteroatoms. The van der Waals surface area contributed by atoms with E-state index in [9.17, 15) is 10.1 Å². The van der Waals surface area contributed by atoms with Crippen molar-refractivity contribution in [1.29, 1.82) is 0 Å². The molecule has 3 N–H and O–H groups in total. The standard InChI is InChI=1S/C16H25BN2O4/c1-17(21)18-13(11-19-6-2-3-7-19)16(20)12-4-5-14-15(10-12)23-9-8-22-14/h4-5,10,13,16,18,20-21H,2-3,6-9,11H2,1H3/t13-,16-/m1/s1. The van der Waals surface area contributed by atoms with Crippen molar-refractivity contribution in [3.8, 4) is 11.5 Å². The molecule has 1 saturated heterocycles. The van der Waals surface area contributed by atoms with Crippen LogP contribution in [0.5, 0.6) is 11.5 Å². The second-order valence-electron chi connectivity index (χ2n) is 6.30. The maximum atomic E-state index is 10.8. The van der Waals surface area contributed by atoms with Crippen LogP contribution in [0, 0.1) is 0 Å². The van der Waals surface area contributed by atoms with Crippen LogP contribution in [-0.4, -0.2) is 61.0 Å². The number of benzene rings is 1. The molecule has 2 aliphatic rings. The Kier molecular flexibility index (Phi) is 5.43. The number of hydrogen-bond acceptors (Lipinski definition) is 6. The minimum atomic E-state index is -0.721. The molecule has 2 heterocycles. The smallest absolute Gasteiger partial charge is 0.373 e. The fourth-order valence-corrected chi connectivity index (χ4v) is 3.27. The van der Waals surface area contributed by atoms with Gasteiger partial charge in [0.25, 0.3) is 0 Å². The van der Waals surface area contributed by atoms with Crippen LogP contribution in [0.4, 0.5) is 0 Å². The molecular formula is C16H25BN2O4. The average Bonchev–Trinajstić information content (AvgIpc) is 3.06. The molecule has 1 fully saturated rings. The number of likely N-dealkylation sites (tertiary alicyclic amines) is 1. The van der Waals surface area contributed by atoms with E-state index in [2.05, 4.69) is 10.1 Å². The Labute approximate surface area is 137 Å². The van der Waals surface area contributed by atoms with E-state index in [1.807, 2.05) is 18.2 Å². The van der Waals surface area contributed by atoms with Crippen LogP contribution < -0.4 is 14.7 Å². The summed E-state index contributed by atoms with van der Waals surface area (Å²) in [5.41, 5.74) is 0.770. The van der Waals surface area contributed by atoms with Gasteiger partial charge in [-0.1, -0.05) is 6.07 Å². The molecule has 1 aromatic rings. The van der Waals surface area contributed by atoms with Gasteiger partial charge < -0.3 is 29.7 Å². The van der Waals surface area contributed by atoms with Gasteiger partial charge in [0.15, 0.2) is 11.5 Å². The first-order valence-corrected chi connectivity index (χ1v) is 8.37. The molecule has 0 spiro atoms. The zero-order valence-electron chi connectivity index (χ0n) is 13.6. The van der Waals surface area contributed by atoms with Crippen LogP contribution in [0.3, 0.4) is 0 Å². The number of nitrogens with one attached hydrogen (secondary N) is 1. The Balaban J connectivity index is 1.74. The predicted molar refractivity (Wildman–Crippen MR) is 88.8 cm³/mol. The molecular weight excluding hydrogens is 295 g/mol. The highest BCUT2D eigenvalue weighted by Crippen LogP contribution is 2.33. The third-order valence-corrected chi connectivity index (χ3v) is 4.40. The monoisotopic (exact) mass is 320 g/mol. The van der Waals surface area contributed by atoms with Crippen molar-refractivity contribution >= 4 is 7.05 Å². The molecule has 0 aromatic heterocycles. The summed E-state index contributed by atoms with van der Waals surface area (Å²) < 4.78 is 11.1. The van der Waals surface area contributed by atoms with Gasteiger partial charge in [-0.25, -0.2) is 0 Å². The van der Waals surface area contributed by atoms with E-state index in [4.69, 9.17) is 9.47 Å². The van der Waals surface area contributed by atoms with E-state index in [-0.39, 0.29) is 6.04 Å². The van der Waals surface area contributed by atoms with Gasteiger partial charge in [-0.05, 0) is 50.5 Å². The zero-order valence-corrected chi connectivity index (χ0v) is 13.6. The molecule has 0 saturated carbocycles. The number of aliphatic hydroxyl groups excluding tert-OH is 1. The number of hydrogen-bond donors (Lipinski definition) is 3. The maximum absolute atomic E-state index is 10.8. The SMILES string of the molecule is CB(O)N[C@H](CN1CCCC1)[C@H](O)c1ccc2c(c1)OCCO2. The molecule has 0 unspecified atom stereocenters. The fourth-order valence-electron chi connectivity index (χ4n) is 3.27. The lowest BCUT2D eigenvalue weighted by Crippen LogP contribution is -2.49. The molecule has 0 aliphatic carbocycles. The van der Waals surface area contributed by atoms with Crippen molar-refractivity contribution in [3.05, 3.63) is 23.8 Å². The van der Waals surface area contributed by atoms with Crippen LogP contribution in [0.15, 0.2) is 18.2 Å². The normalized spacial score (nSPS) is 20.3. The summed E-state index contributed by atoms with van der Waals surface area (Å²) in [6, 6.07) is 5.29. The van der Waals surface area contributed by atoms with Crippen molar-refractivity contribution < 1.29 is 19.6 Å². The van der Waals surface area contributed by atoms with Crippen LogP contribution in [0.2, 0.25) is 6.82 Å². The number of ether oxygens (including phenoxy) is 2. The molecule has 6 nitrogen and oxygen atoms in total. The quantitative estimate of drug-likeness (QED) is 0.669. The molecule has 126 valence electrons. The molecule has 2 atom stereocenters. The average molecular weight is 320 g/mol. The summed E-state index contributed by atoms with van der Waals surface area (Å²) in [5.74, 6) is 1.39. The lowest BCUT2D eigenvalue weighted by molar-refractivity contribution is 0.114. The Morgan fingerprint density at radius 3 is 2.61 bits per heavy atom. The van der Waals surface area contributed by atoms with Gasteiger partial charge in [0.1, 0.15) is 13.2 Å². The van der Waals surface area contributed by atoms with Gasteiger partial charge in [0.2, 0.25) is 0 Å². The topological polar surface area (TPSA) is 74.2 Å². The summed E-state index contributed by atoms with van der Waals surface area (Å²) in [5, 5.41) is 23.6. The first-order chi connectivity index (χ1) is 11.1. The van der Waals surface area contributed by atoms with Crippen LogP contribution in [-0.2, 0) is 0 Å². The van der Waals surface area contributed by atoms with E-state index < -0.39 is 13.2 Å². The summed E-state index contributed by atoms with van der Waals surface area (Å²) in [4.78, 5) is 2.32. The Bertz CT molecular complexity index is 523. The first-order valence-electron chi connectivity index (χ1n) is 8.37. The molecule has 23 heavy (non-hydrogen) atoms. The lowest BCUT2D eigenvalue weighted by Gasteiger charge is -2.30. The van der Waals surface area contributed by atoms with E-state index in [1.165, 1.54) is 12.8 Å². The highest BCUT2D eigenvalue weighted by atomic mass is 16.6.